The van der Waals surface area contributed by atoms with Crippen molar-refractivity contribution < 1.29 is 0 Å². The van der Waals surface area contributed by atoms with Gasteiger partial charge >= 0.3 is 0 Å². The first kappa shape index (κ1) is 63.2. The molecule has 0 spiro atoms. The third-order valence-electron chi connectivity index (χ3n) is 22.4. The normalized spacial score (nSPS) is 11.8. The highest BCUT2D eigenvalue weighted by atomic mass is 15.0. The molecule has 0 saturated carbocycles. The Kier molecular flexibility index (Phi) is 14.7. The molecule has 0 aliphatic heterocycles. The smallest absolute Gasteiger partial charge is 0.0997 e. The van der Waals surface area contributed by atoms with Gasteiger partial charge in [-0.2, -0.15) is 0 Å². The molecule has 9 heteroatoms. The number of benzene rings is 13. The van der Waals surface area contributed by atoms with Gasteiger partial charge in [-0.25, -0.2) is 15.0 Å². The van der Waals surface area contributed by atoms with Crippen LogP contribution in [-0.4, -0.2) is 43.1 Å². The van der Waals surface area contributed by atoms with Crippen LogP contribution in [0.4, 0.5) is 0 Å². The van der Waals surface area contributed by atoms with Crippen LogP contribution in [0, 0.1) is 0 Å². The largest absolute Gasteiger partial charge is 0.297 e. The molecule has 9 nitrogen and oxygen atoms in total. The fourth-order valence-corrected chi connectivity index (χ4v) is 17.0. The third-order valence-corrected chi connectivity index (χ3v) is 22.4. The fourth-order valence-electron chi connectivity index (χ4n) is 17.0. The van der Waals surface area contributed by atoms with E-state index in [9.17, 15) is 0 Å². The minimum absolute atomic E-state index is 0.913. The minimum Gasteiger partial charge on any atom is -0.297 e. The Morgan fingerprint density at radius 2 is 0.396 bits per heavy atom. The molecule has 0 atom stereocenters. The molecular formula is C102H63N9. The van der Waals surface area contributed by atoms with Crippen molar-refractivity contribution >= 4 is 82.0 Å². The highest BCUT2D eigenvalue weighted by molar-refractivity contribution is 6.16. The van der Waals surface area contributed by atoms with Crippen molar-refractivity contribution in [2.24, 2.45) is 0 Å². The monoisotopic (exact) mass is 1410 g/mol. The zero-order valence-electron chi connectivity index (χ0n) is 59.9. The summed E-state index contributed by atoms with van der Waals surface area (Å²) in [6, 6.07) is 119. The van der Waals surface area contributed by atoms with E-state index in [2.05, 4.69) is 341 Å². The predicted octanol–water partition coefficient (Wildman–Crippen LogP) is 25.7. The van der Waals surface area contributed by atoms with E-state index in [1.807, 2.05) is 56.2 Å². The van der Waals surface area contributed by atoms with Crippen molar-refractivity contribution in [2.45, 2.75) is 0 Å². The number of imidazole rings is 3. The first-order valence-corrected chi connectivity index (χ1v) is 37.4. The Hall–Kier alpha value is -15.1. The number of fused-ring (bicyclic) bond motifs is 18. The molecule has 111 heavy (non-hydrogen) atoms. The Bertz CT molecular complexity index is 6800. The predicted molar refractivity (Wildman–Crippen MR) is 456 cm³/mol. The van der Waals surface area contributed by atoms with Crippen molar-refractivity contribution in [1.29, 1.82) is 0 Å². The topological polar surface area (TPSA) is 90.6 Å². The van der Waals surface area contributed by atoms with Crippen molar-refractivity contribution in [1.82, 2.24) is 43.1 Å². The van der Waals surface area contributed by atoms with E-state index in [4.69, 9.17) is 29.9 Å². The van der Waals surface area contributed by atoms with Gasteiger partial charge in [0.05, 0.1) is 87.2 Å². The maximum atomic E-state index is 5.28. The van der Waals surface area contributed by atoms with Crippen molar-refractivity contribution in [3.05, 3.63) is 384 Å². The summed E-state index contributed by atoms with van der Waals surface area (Å²) in [6.07, 6.45) is 17.7. The van der Waals surface area contributed by atoms with Gasteiger partial charge in [0.1, 0.15) is 0 Å². The molecule has 0 bridgehead atoms. The molecule has 9 aromatic heterocycles. The Balaban J connectivity index is 0.687. The summed E-state index contributed by atoms with van der Waals surface area (Å²) in [4.78, 5) is 30.2. The van der Waals surface area contributed by atoms with E-state index in [1.165, 1.54) is 16.7 Å². The van der Waals surface area contributed by atoms with E-state index < -0.39 is 0 Å². The molecule has 0 unspecified atom stereocenters. The molecule has 9 heterocycles. The van der Waals surface area contributed by atoms with Crippen LogP contribution in [0.5, 0.6) is 0 Å². The van der Waals surface area contributed by atoms with Crippen molar-refractivity contribution in [2.75, 3.05) is 0 Å². The maximum absolute atomic E-state index is 5.28. The molecule has 0 aliphatic carbocycles. The number of rotatable bonds is 12. The van der Waals surface area contributed by atoms with Crippen LogP contribution >= 0.6 is 0 Å². The Morgan fingerprint density at radius 1 is 0.153 bits per heavy atom. The van der Waals surface area contributed by atoms with Gasteiger partial charge in [0.15, 0.2) is 0 Å². The maximum Gasteiger partial charge on any atom is 0.0997 e. The van der Waals surface area contributed by atoms with E-state index in [1.54, 1.807) is 0 Å². The Labute approximate surface area is 638 Å². The Morgan fingerprint density at radius 3 is 0.685 bits per heavy atom. The summed E-state index contributed by atoms with van der Waals surface area (Å²) in [5, 5.41) is 6.39. The second kappa shape index (κ2) is 25.9. The minimum atomic E-state index is 0.913. The molecule has 0 fully saturated rings. The molecule has 22 aromatic rings. The van der Waals surface area contributed by atoms with Crippen LogP contribution in [-0.2, 0) is 0 Å². The summed E-state index contributed by atoms with van der Waals surface area (Å²) in [5.41, 5.74) is 35.3. The van der Waals surface area contributed by atoms with Gasteiger partial charge in [-0.15, -0.1) is 0 Å². The van der Waals surface area contributed by atoms with Crippen molar-refractivity contribution in [3.63, 3.8) is 0 Å². The average Bonchev–Trinajstić information content (AvgIpc) is 1.73. The first-order chi connectivity index (χ1) is 55.0. The van der Waals surface area contributed by atoms with Gasteiger partial charge in [0, 0.05) is 67.6 Å². The van der Waals surface area contributed by atoms with Crippen molar-refractivity contribution in [3.8, 4) is 134 Å². The van der Waals surface area contributed by atoms with Gasteiger partial charge in [-0.1, -0.05) is 255 Å². The molecule has 22 rings (SSSR count). The second-order valence-corrected chi connectivity index (χ2v) is 28.8. The summed E-state index contributed by atoms with van der Waals surface area (Å²) < 4.78 is 6.59. The summed E-state index contributed by atoms with van der Waals surface area (Å²) in [6.45, 7) is 0. The highest BCUT2D eigenvalue weighted by Gasteiger charge is 2.22. The second-order valence-electron chi connectivity index (χ2n) is 28.8. The lowest BCUT2D eigenvalue weighted by molar-refractivity contribution is 1.21. The molecule has 0 aliphatic rings. The zero-order valence-corrected chi connectivity index (χ0v) is 59.9. The average molecular weight is 1410 g/mol. The first-order valence-electron chi connectivity index (χ1n) is 37.4. The van der Waals surface area contributed by atoms with Gasteiger partial charge in [0.2, 0.25) is 0 Å². The number of aromatic nitrogens is 9. The molecule has 0 amide bonds. The third kappa shape index (κ3) is 10.8. The number of nitrogens with zero attached hydrogens (tertiary/aromatic N) is 9. The quantitative estimate of drug-likeness (QED) is 0.113. The van der Waals surface area contributed by atoms with E-state index in [0.29, 0.717) is 0 Å². The van der Waals surface area contributed by atoms with Crippen LogP contribution < -0.4 is 0 Å². The SMILES string of the molecule is c1ccc(-c2cccc(-c3cnc4c5ccc(-c6ccccc6-c6cc(-c7ccccc7-c7ccc8c(c7)c7cncn7c7cc(-c9cccc(-c%10ccccc%10)c9)cnc87)cc(-c7ccccc7-c7ccc8c(c7)c7cncn7c7cc(-c9cccc(-c%10ccccc%10)c9)cnc87)c6)cc5c5cncn5c4c3)c2)cc1. The van der Waals surface area contributed by atoms with Gasteiger partial charge in [0.25, 0.3) is 0 Å². The standard InChI is InChI=1S/C102H63N9/c1-4-19-64(20-5-1)67-25-16-28-70(43-67)79-52-94-100(106-55-79)88-40-37-73(49-91(88)97-58-103-61-109(94)97)82-31-10-13-34-85(82)76-46-77(86-35-14-11-32-83(86)74-38-41-89-92(50-74)98-59-104-62-110(98)95-53-80(56-107-101(89)95)71-29-17-26-68(44-71)65-21-6-2-7-22-65)48-78(47-76)87-36-15-12-33-84(87)75-39-42-90-93(51-75)99-60-105-63-111(99)96-54-81(57-108-102(90)96)72-30-18-27-69(45-72)66-23-8-3-9-24-66/h1-63H. The molecule has 0 saturated heterocycles. The molecule has 0 N–H and O–H groups in total. The summed E-state index contributed by atoms with van der Waals surface area (Å²) >= 11 is 0. The van der Waals surface area contributed by atoms with Crippen LogP contribution in [0.3, 0.4) is 0 Å². The van der Waals surface area contributed by atoms with Crippen LogP contribution in [0.2, 0.25) is 0 Å². The highest BCUT2D eigenvalue weighted by Crippen LogP contribution is 2.46. The van der Waals surface area contributed by atoms with Gasteiger partial charge in [-0.3, -0.25) is 28.2 Å². The number of pyridine rings is 6. The van der Waals surface area contributed by atoms with E-state index in [-0.39, 0.29) is 0 Å². The van der Waals surface area contributed by atoms with Crippen LogP contribution in [0.1, 0.15) is 0 Å². The van der Waals surface area contributed by atoms with Gasteiger partial charge < -0.3 is 0 Å². The summed E-state index contributed by atoms with van der Waals surface area (Å²) in [5.74, 6) is 0. The fraction of sp³-hybridized carbons (Fsp3) is 0. The molecule has 13 aromatic carbocycles. The van der Waals surface area contributed by atoms with E-state index >= 15 is 0 Å². The lowest BCUT2D eigenvalue weighted by Gasteiger charge is -2.19. The van der Waals surface area contributed by atoms with E-state index in [0.717, 1.165) is 199 Å². The molecule has 0 radical (unpaired) electrons. The molecular weight excluding hydrogens is 1350 g/mol. The van der Waals surface area contributed by atoms with Crippen LogP contribution in [0.25, 0.3) is 215 Å². The van der Waals surface area contributed by atoms with Crippen LogP contribution in [0.15, 0.2) is 384 Å². The lowest BCUT2D eigenvalue weighted by Crippen LogP contribution is -1.95. The summed E-state index contributed by atoms with van der Waals surface area (Å²) in [7, 11) is 0. The lowest BCUT2D eigenvalue weighted by atomic mass is 9.85. The number of hydrogen-bond acceptors (Lipinski definition) is 6. The zero-order chi connectivity index (χ0) is 73.0. The van der Waals surface area contributed by atoms with Gasteiger partial charge in [-0.05, 0) is 190 Å². The molecule has 516 valence electrons. The number of hydrogen-bond donors (Lipinski definition) is 0.